The van der Waals surface area contributed by atoms with Gasteiger partial charge in [0, 0.05) is 19.0 Å². The van der Waals surface area contributed by atoms with Gasteiger partial charge in [0.05, 0.1) is 10.9 Å². The zero-order valence-electron chi connectivity index (χ0n) is 8.59. The van der Waals surface area contributed by atoms with Crippen molar-refractivity contribution in [2.45, 2.75) is 25.7 Å². The maximum absolute atomic E-state index is 11.8. The summed E-state index contributed by atoms with van der Waals surface area (Å²) in [5, 5.41) is 3.15. The molecule has 2 nitrogen and oxygen atoms in total. The summed E-state index contributed by atoms with van der Waals surface area (Å²) in [7, 11) is 3.59. The average molecular weight is 208 g/mol. The van der Waals surface area contributed by atoms with Crippen LogP contribution in [-0.4, -0.2) is 24.9 Å². The molecule has 0 N–H and O–H groups in total. The van der Waals surface area contributed by atoms with Crippen molar-refractivity contribution >= 4 is 17.2 Å². The van der Waals surface area contributed by atoms with Crippen LogP contribution in [0.3, 0.4) is 0 Å². The van der Waals surface area contributed by atoms with E-state index in [9.17, 15) is 4.79 Å². The molecule has 3 heteroatoms. The fourth-order valence-electron chi connectivity index (χ4n) is 1.83. The number of aryl methyl sites for hydroxylation is 1. The van der Waals surface area contributed by atoms with Gasteiger partial charge in [-0.3, -0.25) is 4.79 Å². The number of hydrogen-bond donors (Lipinski definition) is 0. The van der Waals surface area contributed by atoms with Gasteiger partial charge in [-0.25, -0.2) is 0 Å². The zero-order chi connectivity index (χ0) is 10.1. The Hall–Kier alpha value is -0.830. The van der Waals surface area contributed by atoms with Crippen LogP contribution in [0.25, 0.3) is 0 Å². The third-order valence-electron chi connectivity index (χ3n) is 2.62. The molecule has 1 amide bonds. The van der Waals surface area contributed by atoms with E-state index in [2.05, 4.69) is 5.38 Å². The van der Waals surface area contributed by atoms with Gasteiger partial charge in [-0.15, -0.1) is 11.3 Å². The third-order valence-corrected chi connectivity index (χ3v) is 3.62. The summed E-state index contributed by atoms with van der Waals surface area (Å²) < 4.78 is 0. The molecular formula is C11H14NOS. The molecule has 0 spiro atoms. The Morgan fingerprint density at radius 1 is 1.36 bits per heavy atom. The molecule has 1 aromatic rings. The molecule has 0 fully saturated rings. The van der Waals surface area contributed by atoms with Crippen LogP contribution in [-0.2, 0) is 12.8 Å². The highest BCUT2D eigenvalue weighted by Crippen LogP contribution is 2.30. The summed E-state index contributed by atoms with van der Waals surface area (Å²) in [5.74, 6) is 0.101. The molecule has 0 saturated carbocycles. The lowest BCUT2D eigenvalue weighted by Gasteiger charge is -2.14. The molecule has 0 saturated heterocycles. The molecule has 0 bridgehead atoms. The van der Waals surface area contributed by atoms with Crippen molar-refractivity contribution in [3.05, 3.63) is 21.4 Å². The van der Waals surface area contributed by atoms with Crippen LogP contribution in [0.15, 0.2) is 0 Å². The highest BCUT2D eigenvalue weighted by atomic mass is 32.1. The van der Waals surface area contributed by atoms with E-state index < -0.39 is 0 Å². The molecule has 75 valence electrons. The fraction of sp³-hybridized carbons (Fsp3) is 0.545. The summed E-state index contributed by atoms with van der Waals surface area (Å²) in [5.41, 5.74) is 2.08. The molecule has 0 aromatic carbocycles. The van der Waals surface area contributed by atoms with E-state index in [4.69, 9.17) is 0 Å². The highest BCUT2D eigenvalue weighted by Gasteiger charge is 2.21. The molecule has 1 aliphatic carbocycles. The lowest BCUT2D eigenvalue weighted by Crippen LogP contribution is -2.22. The second kappa shape index (κ2) is 3.73. The highest BCUT2D eigenvalue weighted by molar-refractivity contribution is 7.10. The van der Waals surface area contributed by atoms with Gasteiger partial charge < -0.3 is 4.90 Å². The minimum atomic E-state index is 0.101. The largest absolute Gasteiger partial charge is 0.345 e. The van der Waals surface area contributed by atoms with E-state index in [0.29, 0.717) is 0 Å². The maximum atomic E-state index is 11.8. The number of fused-ring (bicyclic) bond motifs is 1. The number of hydrogen-bond acceptors (Lipinski definition) is 2. The van der Waals surface area contributed by atoms with E-state index in [-0.39, 0.29) is 5.91 Å². The van der Waals surface area contributed by atoms with Crippen LogP contribution in [0.5, 0.6) is 0 Å². The molecule has 1 aliphatic rings. The minimum absolute atomic E-state index is 0.101. The standard InChI is InChI=1S/C11H14NOS/c1-12(2)11(13)9-7-14-10-6-4-3-5-8(9)10/h3-6H2,1-2H3. The third kappa shape index (κ3) is 1.57. The van der Waals surface area contributed by atoms with Crippen LogP contribution >= 0.6 is 11.3 Å². The Labute approximate surface area is 88.5 Å². The first kappa shape index (κ1) is 9.71. The monoisotopic (exact) mass is 208 g/mol. The first-order valence-corrected chi connectivity index (χ1v) is 5.75. The van der Waals surface area contributed by atoms with Crippen molar-refractivity contribution in [3.8, 4) is 0 Å². The number of carbonyl (C=O) groups excluding carboxylic acids is 1. The molecule has 14 heavy (non-hydrogen) atoms. The van der Waals surface area contributed by atoms with E-state index in [1.807, 2.05) is 0 Å². The van der Waals surface area contributed by atoms with Gasteiger partial charge in [0.25, 0.3) is 5.91 Å². The van der Waals surface area contributed by atoms with Gasteiger partial charge in [-0.1, -0.05) is 0 Å². The normalized spacial score (nSPS) is 15.0. The smallest absolute Gasteiger partial charge is 0.255 e. The number of rotatable bonds is 1. The van der Waals surface area contributed by atoms with Crippen molar-refractivity contribution in [2.75, 3.05) is 14.1 Å². The maximum Gasteiger partial charge on any atom is 0.255 e. The van der Waals surface area contributed by atoms with Crippen LogP contribution in [0.2, 0.25) is 0 Å². The average Bonchev–Trinajstić information content (AvgIpc) is 2.60. The summed E-state index contributed by atoms with van der Waals surface area (Å²) in [6, 6.07) is 0. The second-order valence-electron chi connectivity index (χ2n) is 3.89. The van der Waals surface area contributed by atoms with Crippen molar-refractivity contribution in [1.82, 2.24) is 4.90 Å². The number of thiophene rings is 1. The van der Waals surface area contributed by atoms with E-state index in [0.717, 1.165) is 18.4 Å². The summed E-state index contributed by atoms with van der Waals surface area (Å²) >= 11 is 1.63. The van der Waals surface area contributed by atoms with E-state index in [1.54, 1.807) is 30.3 Å². The molecule has 0 atom stereocenters. The second-order valence-corrected chi connectivity index (χ2v) is 4.79. The Morgan fingerprint density at radius 3 is 2.79 bits per heavy atom. The van der Waals surface area contributed by atoms with Crippen molar-refractivity contribution < 1.29 is 4.79 Å². The molecule has 2 rings (SSSR count). The molecule has 0 unspecified atom stereocenters. The first-order chi connectivity index (χ1) is 6.70. The van der Waals surface area contributed by atoms with Crippen LogP contribution < -0.4 is 0 Å². The van der Waals surface area contributed by atoms with Crippen LogP contribution in [0, 0.1) is 5.38 Å². The Kier molecular flexibility index (Phi) is 2.59. The topological polar surface area (TPSA) is 20.3 Å². The van der Waals surface area contributed by atoms with Crippen molar-refractivity contribution in [3.63, 3.8) is 0 Å². The van der Waals surface area contributed by atoms with Crippen molar-refractivity contribution in [2.24, 2.45) is 0 Å². The molecule has 1 heterocycles. The van der Waals surface area contributed by atoms with E-state index >= 15 is 0 Å². The Morgan fingerprint density at radius 2 is 2.07 bits per heavy atom. The van der Waals surface area contributed by atoms with Crippen LogP contribution in [0.1, 0.15) is 33.6 Å². The fourth-order valence-corrected chi connectivity index (χ4v) is 2.83. The van der Waals surface area contributed by atoms with Gasteiger partial charge >= 0.3 is 0 Å². The SMILES string of the molecule is CN(C)C(=O)c1[c]sc2c1CCCC2. The van der Waals surface area contributed by atoms with Crippen LogP contribution in [0.4, 0.5) is 0 Å². The number of carbonyl (C=O) groups is 1. The summed E-state index contributed by atoms with van der Waals surface area (Å²) in [4.78, 5) is 14.8. The Balaban J connectivity index is 2.35. The first-order valence-electron chi connectivity index (χ1n) is 4.94. The summed E-state index contributed by atoms with van der Waals surface area (Å²) in [6.45, 7) is 0. The quantitative estimate of drug-likeness (QED) is 0.692. The molecule has 1 aromatic heterocycles. The summed E-state index contributed by atoms with van der Waals surface area (Å²) in [6.07, 6.45) is 4.67. The lowest BCUT2D eigenvalue weighted by atomic mass is 9.95. The van der Waals surface area contributed by atoms with Gasteiger partial charge in [0.2, 0.25) is 0 Å². The lowest BCUT2D eigenvalue weighted by molar-refractivity contribution is 0.0826. The van der Waals surface area contributed by atoms with Gasteiger partial charge in [-0.2, -0.15) is 0 Å². The number of nitrogens with zero attached hydrogens (tertiary/aromatic N) is 1. The Bertz CT molecular complexity index is 354. The minimum Gasteiger partial charge on any atom is -0.345 e. The van der Waals surface area contributed by atoms with Gasteiger partial charge in [-0.05, 0) is 31.2 Å². The molecule has 1 radical (unpaired) electrons. The van der Waals surface area contributed by atoms with Gasteiger partial charge in [0.1, 0.15) is 0 Å². The van der Waals surface area contributed by atoms with Gasteiger partial charge in [0.15, 0.2) is 0 Å². The predicted octanol–water partition coefficient (Wildman–Crippen LogP) is 2.13. The zero-order valence-corrected chi connectivity index (χ0v) is 9.41. The molecule has 0 aliphatic heterocycles. The number of amides is 1. The van der Waals surface area contributed by atoms with E-state index in [1.165, 1.54) is 23.3 Å². The van der Waals surface area contributed by atoms with Crippen molar-refractivity contribution in [1.29, 1.82) is 0 Å². The predicted molar refractivity (Wildman–Crippen MR) is 57.8 cm³/mol. The molecular weight excluding hydrogens is 194 g/mol.